The lowest BCUT2D eigenvalue weighted by molar-refractivity contribution is 0.466. The number of benzene rings is 1. The summed E-state index contributed by atoms with van der Waals surface area (Å²) in [6, 6.07) is 5.04. The fraction of sp³-hybridized carbons (Fsp3) is 0.308. The van der Waals surface area contributed by atoms with Gasteiger partial charge in [-0.15, -0.1) is 0 Å². The Labute approximate surface area is 104 Å². The molecule has 17 heavy (non-hydrogen) atoms. The average Bonchev–Trinajstić information content (AvgIpc) is 2.30. The standard InChI is InChI=1S/C13H14ClNO2/c1-3-7(2)11-12(16)9-6-8(14)4-5-10(9)15-13(11)17/h4-7H,3H2,1-2H3,(H2,15,16,17). The number of pyridine rings is 1. The Morgan fingerprint density at radius 1 is 1.47 bits per heavy atom. The van der Waals surface area contributed by atoms with Crippen LogP contribution in [0.15, 0.2) is 23.0 Å². The summed E-state index contributed by atoms with van der Waals surface area (Å²) < 4.78 is 0. The van der Waals surface area contributed by atoms with E-state index in [1.807, 2.05) is 13.8 Å². The van der Waals surface area contributed by atoms with Gasteiger partial charge in [0, 0.05) is 10.4 Å². The monoisotopic (exact) mass is 251 g/mol. The fourth-order valence-electron chi connectivity index (χ4n) is 1.92. The van der Waals surface area contributed by atoms with Crippen LogP contribution in [0, 0.1) is 0 Å². The van der Waals surface area contributed by atoms with Gasteiger partial charge in [-0.1, -0.05) is 25.4 Å². The molecule has 0 aliphatic carbocycles. The van der Waals surface area contributed by atoms with Gasteiger partial charge < -0.3 is 10.1 Å². The summed E-state index contributed by atoms with van der Waals surface area (Å²) in [5.74, 6) is 0.0581. The Morgan fingerprint density at radius 2 is 2.18 bits per heavy atom. The summed E-state index contributed by atoms with van der Waals surface area (Å²) in [7, 11) is 0. The molecule has 3 nitrogen and oxygen atoms in total. The van der Waals surface area contributed by atoms with Crippen LogP contribution < -0.4 is 5.56 Å². The molecule has 1 unspecified atom stereocenters. The minimum Gasteiger partial charge on any atom is -0.507 e. The maximum absolute atomic E-state index is 11.9. The highest BCUT2D eigenvalue weighted by atomic mass is 35.5. The molecular formula is C13H14ClNO2. The number of aromatic hydroxyl groups is 1. The number of aromatic amines is 1. The number of halogens is 1. The van der Waals surface area contributed by atoms with Crippen LogP contribution in [0.1, 0.15) is 31.7 Å². The molecule has 1 atom stereocenters. The van der Waals surface area contributed by atoms with E-state index in [4.69, 9.17) is 11.6 Å². The van der Waals surface area contributed by atoms with E-state index < -0.39 is 0 Å². The summed E-state index contributed by atoms with van der Waals surface area (Å²) >= 11 is 5.89. The Kier molecular flexibility index (Phi) is 3.11. The van der Waals surface area contributed by atoms with Crippen LogP contribution in [-0.4, -0.2) is 10.1 Å². The van der Waals surface area contributed by atoms with E-state index >= 15 is 0 Å². The van der Waals surface area contributed by atoms with Crippen molar-refractivity contribution in [3.05, 3.63) is 39.1 Å². The molecule has 0 radical (unpaired) electrons. The third-order valence-electron chi connectivity index (χ3n) is 3.09. The van der Waals surface area contributed by atoms with Crippen LogP contribution in [0.3, 0.4) is 0 Å². The smallest absolute Gasteiger partial charge is 0.255 e. The average molecular weight is 252 g/mol. The lowest BCUT2D eigenvalue weighted by atomic mass is 9.97. The lowest BCUT2D eigenvalue weighted by Gasteiger charge is -2.12. The van der Waals surface area contributed by atoms with Gasteiger partial charge in [0.1, 0.15) is 5.75 Å². The zero-order valence-electron chi connectivity index (χ0n) is 9.75. The molecule has 2 rings (SSSR count). The molecular weight excluding hydrogens is 238 g/mol. The fourth-order valence-corrected chi connectivity index (χ4v) is 2.10. The minimum atomic E-state index is -0.230. The second-order valence-electron chi connectivity index (χ2n) is 4.22. The Bertz CT molecular complexity index is 619. The summed E-state index contributed by atoms with van der Waals surface area (Å²) in [5.41, 5.74) is 0.804. The molecule has 1 aromatic carbocycles. The largest absolute Gasteiger partial charge is 0.507 e. The molecule has 1 heterocycles. The third kappa shape index (κ3) is 2.03. The van der Waals surface area contributed by atoms with Gasteiger partial charge in [-0.05, 0) is 30.5 Å². The number of H-pyrrole nitrogens is 1. The van der Waals surface area contributed by atoms with E-state index in [0.29, 0.717) is 21.5 Å². The van der Waals surface area contributed by atoms with Crippen LogP contribution in [-0.2, 0) is 0 Å². The Hall–Kier alpha value is -1.48. The molecule has 2 N–H and O–H groups in total. The van der Waals surface area contributed by atoms with E-state index in [1.54, 1.807) is 18.2 Å². The number of rotatable bonds is 2. The van der Waals surface area contributed by atoms with Crippen molar-refractivity contribution >= 4 is 22.5 Å². The Morgan fingerprint density at radius 3 is 2.82 bits per heavy atom. The van der Waals surface area contributed by atoms with E-state index in [-0.39, 0.29) is 17.2 Å². The van der Waals surface area contributed by atoms with E-state index in [2.05, 4.69) is 4.98 Å². The molecule has 0 spiro atoms. The molecule has 0 aliphatic rings. The zero-order valence-corrected chi connectivity index (χ0v) is 10.5. The number of nitrogens with one attached hydrogen (secondary N) is 1. The van der Waals surface area contributed by atoms with E-state index in [1.165, 1.54) is 0 Å². The minimum absolute atomic E-state index is 0.0159. The van der Waals surface area contributed by atoms with Gasteiger partial charge in [-0.2, -0.15) is 0 Å². The van der Waals surface area contributed by atoms with Crippen molar-refractivity contribution in [3.63, 3.8) is 0 Å². The predicted molar refractivity (Wildman–Crippen MR) is 69.9 cm³/mol. The summed E-state index contributed by atoms with van der Waals surface area (Å²) in [6.07, 6.45) is 0.794. The van der Waals surface area contributed by atoms with E-state index in [9.17, 15) is 9.90 Å². The highest BCUT2D eigenvalue weighted by molar-refractivity contribution is 6.31. The number of fused-ring (bicyclic) bond motifs is 1. The van der Waals surface area contributed by atoms with Crippen molar-refractivity contribution in [2.24, 2.45) is 0 Å². The predicted octanol–water partition coefficient (Wildman–Crippen LogP) is 3.40. The highest BCUT2D eigenvalue weighted by Gasteiger charge is 2.16. The van der Waals surface area contributed by atoms with Crippen LogP contribution in [0.2, 0.25) is 5.02 Å². The summed E-state index contributed by atoms with van der Waals surface area (Å²) in [4.78, 5) is 14.7. The van der Waals surface area contributed by atoms with Gasteiger partial charge in [0.05, 0.1) is 11.1 Å². The molecule has 90 valence electrons. The maximum Gasteiger partial charge on any atom is 0.255 e. The molecule has 1 aromatic heterocycles. The molecule has 2 aromatic rings. The number of aromatic nitrogens is 1. The molecule has 4 heteroatoms. The lowest BCUT2D eigenvalue weighted by Crippen LogP contribution is -2.15. The number of hydrogen-bond donors (Lipinski definition) is 2. The second kappa shape index (κ2) is 4.41. The summed E-state index contributed by atoms with van der Waals surface area (Å²) in [5, 5.41) is 11.3. The molecule has 0 saturated carbocycles. The van der Waals surface area contributed by atoms with Gasteiger partial charge >= 0.3 is 0 Å². The molecule has 0 aliphatic heterocycles. The molecule has 0 fully saturated rings. The molecule has 0 amide bonds. The first-order chi connectivity index (χ1) is 8.04. The van der Waals surface area contributed by atoms with Crippen molar-refractivity contribution in [1.82, 2.24) is 4.98 Å². The summed E-state index contributed by atoms with van der Waals surface area (Å²) in [6.45, 7) is 3.90. The first-order valence-electron chi connectivity index (χ1n) is 5.59. The SMILES string of the molecule is CCC(C)c1c(O)c2cc(Cl)ccc2[nH]c1=O. The van der Waals surface area contributed by atoms with Crippen molar-refractivity contribution < 1.29 is 5.11 Å². The van der Waals surface area contributed by atoms with Gasteiger partial charge in [0.25, 0.3) is 5.56 Å². The van der Waals surface area contributed by atoms with Crippen LogP contribution in [0.5, 0.6) is 5.75 Å². The van der Waals surface area contributed by atoms with Crippen LogP contribution in [0.25, 0.3) is 10.9 Å². The van der Waals surface area contributed by atoms with Crippen LogP contribution >= 0.6 is 11.6 Å². The van der Waals surface area contributed by atoms with E-state index in [0.717, 1.165) is 6.42 Å². The highest BCUT2D eigenvalue weighted by Crippen LogP contribution is 2.32. The van der Waals surface area contributed by atoms with Crippen molar-refractivity contribution in [3.8, 4) is 5.75 Å². The van der Waals surface area contributed by atoms with Gasteiger partial charge in [-0.3, -0.25) is 4.79 Å². The second-order valence-corrected chi connectivity index (χ2v) is 4.65. The van der Waals surface area contributed by atoms with Crippen LogP contribution in [0.4, 0.5) is 0 Å². The zero-order chi connectivity index (χ0) is 12.6. The van der Waals surface area contributed by atoms with Crippen molar-refractivity contribution in [1.29, 1.82) is 0 Å². The number of hydrogen-bond acceptors (Lipinski definition) is 2. The first-order valence-corrected chi connectivity index (χ1v) is 5.96. The molecule has 0 saturated heterocycles. The first kappa shape index (κ1) is 12.0. The quantitative estimate of drug-likeness (QED) is 0.860. The maximum atomic E-state index is 11.9. The molecule has 0 bridgehead atoms. The topological polar surface area (TPSA) is 53.1 Å². The van der Waals surface area contributed by atoms with Gasteiger partial charge in [0.15, 0.2) is 0 Å². The normalized spacial score (nSPS) is 12.9. The third-order valence-corrected chi connectivity index (χ3v) is 3.32. The van der Waals surface area contributed by atoms with Crippen molar-refractivity contribution in [2.75, 3.05) is 0 Å². The van der Waals surface area contributed by atoms with Crippen molar-refractivity contribution in [2.45, 2.75) is 26.2 Å². The van der Waals surface area contributed by atoms with Gasteiger partial charge in [-0.25, -0.2) is 0 Å². The Balaban J connectivity index is 2.82. The van der Waals surface area contributed by atoms with Gasteiger partial charge in [0.2, 0.25) is 0 Å².